The number of anilines is 1. The van der Waals surface area contributed by atoms with Crippen molar-refractivity contribution in [2.24, 2.45) is 0 Å². The van der Waals surface area contributed by atoms with Crippen LogP contribution in [0, 0.1) is 24.8 Å². The van der Waals surface area contributed by atoms with Gasteiger partial charge in [-0.15, -0.1) is 0 Å². The Kier molecular flexibility index (Phi) is 8.67. The first-order valence-corrected chi connectivity index (χ1v) is 12.8. The van der Waals surface area contributed by atoms with Crippen LogP contribution in [0.5, 0.6) is 5.75 Å². The van der Waals surface area contributed by atoms with Gasteiger partial charge in [-0.25, -0.2) is 19.6 Å². The summed E-state index contributed by atoms with van der Waals surface area (Å²) in [5, 5.41) is 37.9. The van der Waals surface area contributed by atoms with Gasteiger partial charge < -0.3 is 30.2 Å². The van der Waals surface area contributed by atoms with Gasteiger partial charge in [0.25, 0.3) is 0 Å². The van der Waals surface area contributed by atoms with Gasteiger partial charge in [0.1, 0.15) is 41.1 Å². The zero-order valence-corrected chi connectivity index (χ0v) is 22.0. The van der Waals surface area contributed by atoms with E-state index >= 15 is 0 Å². The number of carboxylic acids is 1. The molecule has 40 heavy (non-hydrogen) atoms. The second-order valence-corrected chi connectivity index (χ2v) is 9.45. The van der Waals surface area contributed by atoms with Crippen LogP contribution in [-0.4, -0.2) is 50.6 Å². The van der Waals surface area contributed by atoms with Crippen LogP contribution in [0.2, 0.25) is 0 Å². The molecule has 1 atom stereocenters. The molecule has 0 aliphatic heterocycles. The fourth-order valence-electron chi connectivity index (χ4n) is 3.71. The summed E-state index contributed by atoms with van der Waals surface area (Å²) in [6.07, 6.45) is -1.01. The number of nitriles is 1. The number of rotatable bonds is 10. The standard InChI is InChI=1S/C28H23N5O6S/c1-15-22(32-26(39-15)17-3-5-18(6-4-17)28(36)37)14-40-27-21(11-29)23(24(31-2)25(30)33-27)16-7-9-20(10-8-16)38-13-19(35)12-34/h3-10,19,34-35H,12-14H2,1H3,(H2,30,33)(H,36,37)/t19-/m0/s1. The summed E-state index contributed by atoms with van der Waals surface area (Å²) >= 11 is 1.22. The van der Waals surface area contributed by atoms with Crippen LogP contribution >= 0.6 is 11.8 Å². The second kappa shape index (κ2) is 12.3. The summed E-state index contributed by atoms with van der Waals surface area (Å²) in [5.41, 5.74) is 8.63. The minimum Gasteiger partial charge on any atom is -0.491 e. The lowest BCUT2D eigenvalue weighted by Gasteiger charge is -2.14. The molecule has 12 heteroatoms. The molecule has 0 fully saturated rings. The van der Waals surface area contributed by atoms with Crippen molar-refractivity contribution in [1.82, 2.24) is 9.97 Å². The maximum Gasteiger partial charge on any atom is 0.335 e. The molecule has 0 amide bonds. The van der Waals surface area contributed by atoms with E-state index in [0.717, 1.165) is 0 Å². The number of nitrogens with zero attached hydrogens (tertiary/aromatic N) is 4. The normalized spacial score (nSPS) is 11.4. The SMILES string of the molecule is [C-]#[N+]c1c(N)nc(SCc2nc(-c3ccc(C(=O)O)cc3)oc2C)c(C#N)c1-c1ccc(OC[C@@H](O)CO)cc1. The number of aromatic nitrogens is 2. The molecule has 0 aliphatic rings. The smallest absolute Gasteiger partial charge is 0.335 e. The number of hydrogen-bond donors (Lipinski definition) is 4. The van der Waals surface area contributed by atoms with Gasteiger partial charge in [-0.2, -0.15) is 5.26 Å². The molecule has 0 spiro atoms. The van der Waals surface area contributed by atoms with Gasteiger partial charge in [0.15, 0.2) is 0 Å². The summed E-state index contributed by atoms with van der Waals surface area (Å²) in [7, 11) is 0. The van der Waals surface area contributed by atoms with E-state index in [2.05, 4.69) is 20.9 Å². The fraction of sp³-hybridized carbons (Fsp3) is 0.179. The van der Waals surface area contributed by atoms with Crippen molar-refractivity contribution in [3.8, 4) is 34.4 Å². The Hall–Kier alpha value is -4.88. The van der Waals surface area contributed by atoms with E-state index in [1.54, 1.807) is 43.3 Å². The van der Waals surface area contributed by atoms with Crippen LogP contribution < -0.4 is 10.5 Å². The highest BCUT2D eigenvalue weighted by molar-refractivity contribution is 7.98. The van der Waals surface area contributed by atoms with Crippen LogP contribution in [0.1, 0.15) is 27.4 Å². The van der Waals surface area contributed by atoms with Gasteiger partial charge in [0, 0.05) is 16.9 Å². The van der Waals surface area contributed by atoms with Gasteiger partial charge >= 0.3 is 5.97 Å². The zero-order chi connectivity index (χ0) is 28.8. The summed E-state index contributed by atoms with van der Waals surface area (Å²) in [6.45, 7) is 8.87. The van der Waals surface area contributed by atoms with Crippen molar-refractivity contribution in [3.63, 3.8) is 0 Å². The molecule has 0 saturated heterocycles. The Labute approximate surface area is 233 Å². The number of carboxylic acid groups (broad SMARTS) is 1. The summed E-state index contributed by atoms with van der Waals surface area (Å²) < 4.78 is 11.2. The minimum absolute atomic E-state index is 0.0195. The van der Waals surface area contributed by atoms with Crippen LogP contribution in [0.25, 0.3) is 27.4 Å². The molecule has 2 aromatic heterocycles. The number of nitrogens with two attached hydrogens (primary N) is 1. The average molecular weight is 558 g/mol. The minimum atomic E-state index is -1.03. The maximum atomic E-state index is 11.1. The van der Waals surface area contributed by atoms with E-state index in [1.807, 2.05) is 0 Å². The highest BCUT2D eigenvalue weighted by Gasteiger charge is 2.22. The summed E-state index contributed by atoms with van der Waals surface area (Å²) in [4.78, 5) is 23.5. The van der Waals surface area contributed by atoms with Gasteiger partial charge in [-0.1, -0.05) is 23.9 Å². The largest absolute Gasteiger partial charge is 0.491 e. The van der Waals surface area contributed by atoms with E-state index < -0.39 is 18.7 Å². The maximum absolute atomic E-state index is 11.1. The molecule has 0 unspecified atom stereocenters. The van der Waals surface area contributed by atoms with E-state index in [9.17, 15) is 15.2 Å². The predicted octanol–water partition coefficient (Wildman–Crippen LogP) is 4.44. The molecular formula is C28H23N5O6S. The van der Waals surface area contributed by atoms with E-state index in [4.69, 9.17) is 31.7 Å². The first kappa shape index (κ1) is 28.1. The van der Waals surface area contributed by atoms with Crippen LogP contribution in [0.4, 0.5) is 11.5 Å². The molecule has 0 bridgehead atoms. The van der Waals surface area contributed by atoms with E-state index in [0.29, 0.717) is 50.6 Å². The Morgan fingerprint density at radius 2 is 1.88 bits per heavy atom. The molecule has 0 aliphatic carbocycles. The van der Waals surface area contributed by atoms with Crippen molar-refractivity contribution in [2.75, 3.05) is 18.9 Å². The number of aryl methyl sites for hydroxylation is 1. The van der Waals surface area contributed by atoms with Gasteiger partial charge in [-0.05, 0) is 48.9 Å². The summed E-state index contributed by atoms with van der Waals surface area (Å²) in [6, 6.07) is 14.9. The molecule has 2 heterocycles. The average Bonchev–Trinajstić information content (AvgIpc) is 3.34. The fourth-order valence-corrected chi connectivity index (χ4v) is 4.71. The number of aliphatic hydroxyl groups excluding tert-OH is 2. The first-order chi connectivity index (χ1) is 19.2. The number of carbonyl (C=O) groups is 1. The molecule has 0 saturated carbocycles. The number of ether oxygens (including phenoxy) is 1. The number of oxazole rings is 1. The predicted molar refractivity (Wildman–Crippen MR) is 147 cm³/mol. The van der Waals surface area contributed by atoms with Crippen molar-refractivity contribution >= 4 is 29.2 Å². The van der Waals surface area contributed by atoms with E-state index in [1.165, 1.54) is 23.9 Å². The number of thioether (sulfide) groups is 1. The summed E-state index contributed by atoms with van der Waals surface area (Å²) in [5.74, 6) is 0.560. The molecule has 202 valence electrons. The number of hydrogen-bond acceptors (Lipinski definition) is 10. The third-order valence-corrected chi connectivity index (χ3v) is 6.79. The first-order valence-electron chi connectivity index (χ1n) is 11.8. The number of pyridine rings is 1. The van der Waals surface area contributed by atoms with Crippen LogP contribution in [-0.2, 0) is 5.75 Å². The lowest BCUT2D eigenvalue weighted by atomic mass is 10.00. The quantitative estimate of drug-likeness (QED) is 0.160. The number of aliphatic hydroxyl groups is 2. The third kappa shape index (κ3) is 6.06. The second-order valence-electron chi connectivity index (χ2n) is 8.49. The highest BCUT2D eigenvalue weighted by atomic mass is 32.2. The zero-order valence-electron chi connectivity index (χ0n) is 21.2. The monoisotopic (exact) mass is 557 g/mol. The number of aromatic carboxylic acids is 1. The number of nitrogen functional groups attached to an aromatic ring is 1. The van der Waals surface area contributed by atoms with Gasteiger partial charge in [0.2, 0.25) is 11.6 Å². The molecule has 5 N–H and O–H groups in total. The molecule has 4 aromatic rings. The van der Waals surface area contributed by atoms with Gasteiger partial charge in [0.05, 0.1) is 30.0 Å². The van der Waals surface area contributed by atoms with E-state index in [-0.39, 0.29) is 29.2 Å². The Morgan fingerprint density at radius 1 is 1.20 bits per heavy atom. The molecule has 0 radical (unpaired) electrons. The van der Waals surface area contributed by atoms with Crippen LogP contribution in [0.3, 0.4) is 0 Å². The van der Waals surface area contributed by atoms with Crippen molar-refractivity contribution in [1.29, 1.82) is 5.26 Å². The van der Waals surface area contributed by atoms with Crippen LogP contribution in [0.15, 0.2) is 58.0 Å². The molecule has 4 rings (SSSR count). The molecule has 11 nitrogen and oxygen atoms in total. The Bertz CT molecular complexity index is 1620. The third-order valence-electron chi connectivity index (χ3n) is 5.80. The Morgan fingerprint density at radius 3 is 2.48 bits per heavy atom. The van der Waals surface area contributed by atoms with Crippen molar-refractivity contribution in [2.45, 2.75) is 23.8 Å². The lowest BCUT2D eigenvalue weighted by Crippen LogP contribution is -2.21. The highest BCUT2D eigenvalue weighted by Crippen LogP contribution is 2.42. The lowest BCUT2D eigenvalue weighted by molar-refractivity contribution is 0.0536. The van der Waals surface area contributed by atoms with Gasteiger partial charge in [-0.3, -0.25) is 0 Å². The Balaban J connectivity index is 1.61. The molecular weight excluding hydrogens is 534 g/mol. The van der Waals surface area contributed by atoms with Crippen molar-refractivity contribution < 1.29 is 29.3 Å². The number of benzene rings is 2. The molecule has 2 aromatic carbocycles. The van der Waals surface area contributed by atoms with Crippen molar-refractivity contribution in [3.05, 3.63) is 82.5 Å². The topological polar surface area (TPSA) is 180 Å².